The third-order valence-electron chi connectivity index (χ3n) is 6.33. The van der Waals surface area contributed by atoms with Crippen LogP contribution in [0.15, 0.2) is 65.0 Å². The van der Waals surface area contributed by atoms with Gasteiger partial charge < -0.3 is 14.8 Å². The number of Topliss-reactive ketones (excluding diaryl/α,β-unsaturated/α-hetero) is 1. The lowest BCUT2D eigenvalue weighted by Crippen LogP contribution is -2.36. The number of allylic oxidation sites excluding steroid dienone is 3. The van der Waals surface area contributed by atoms with E-state index in [9.17, 15) is 9.59 Å². The number of esters is 1. The Morgan fingerprint density at radius 1 is 1.03 bits per heavy atom. The second kappa shape index (κ2) is 11.2. The lowest BCUT2D eigenvalue weighted by molar-refractivity contribution is -0.140. The molecule has 8 heteroatoms. The second-order valence-electron chi connectivity index (χ2n) is 8.57. The van der Waals surface area contributed by atoms with Crippen molar-refractivity contribution in [2.75, 3.05) is 19.8 Å². The number of rotatable bonds is 7. The summed E-state index contributed by atoms with van der Waals surface area (Å²) < 4.78 is 10.8. The molecule has 35 heavy (non-hydrogen) atoms. The first-order valence-corrected chi connectivity index (χ1v) is 12.6. The van der Waals surface area contributed by atoms with Gasteiger partial charge in [-0.2, -0.15) is 0 Å². The summed E-state index contributed by atoms with van der Waals surface area (Å²) in [5.74, 6) is -1.21. The Kier molecular flexibility index (Phi) is 8.23. The minimum Gasteiger partial charge on any atom is -0.460 e. The van der Waals surface area contributed by atoms with E-state index in [0.717, 1.165) is 11.3 Å². The molecule has 0 spiro atoms. The Balaban J connectivity index is 1.74. The van der Waals surface area contributed by atoms with Crippen LogP contribution in [-0.4, -0.2) is 31.6 Å². The summed E-state index contributed by atoms with van der Waals surface area (Å²) in [7, 11) is 0. The fraction of sp³-hybridized carbons (Fsp3) is 0.333. The van der Waals surface area contributed by atoms with Gasteiger partial charge in [-0.25, -0.2) is 4.79 Å². The molecule has 1 heterocycles. The van der Waals surface area contributed by atoms with Crippen LogP contribution in [0.25, 0.3) is 0 Å². The summed E-state index contributed by atoms with van der Waals surface area (Å²) in [6, 6.07) is 12.7. The summed E-state index contributed by atoms with van der Waals surface area (Å²) >= 11 is 18.8. The summed E-state index contributed by atoms with van der Waals surface area (Å²) in [6.45, 7) is 4.63. The normalized spacial score (nSPS) is 20.0. The molecule has 2 atom stereocenters. The quantitative estimate of drug-likeness (QED) is 0.321. The zero-order valence-electron chi connectivity index (χ0n) is 19.5. The monoisotopic (exact) mass is 533 g/mol. The number of nitrogens with one attached hydrogen (secondary N) is 1. The van der Waals surface area contributed by atoms with Gasteiger partial charge >= 0.3 is 5.97 Å². The van der Waals surface area contributed by atoms with E-state index in [1.807, 2.05) is 38.1 Å². The highest BCUT2D eigenvalue weighted by molar-refractivity contribution is 6.35. The van der Waals surface area contributed by atoms with E-state index in [-0.39, 0.29) is 18.3 Å². The molecule has 2 aromatic rings. The van der Waals surface area contributed by atoms with Crippen molar-refractivity contribution in [2.45, 2.75) is 38.5 Å². The first kappa shape index (κ1) is 25.8. The van der Waals surface area contributed by atoms with Gasteiger partial charge in [0.25, 0.3) is 0 Å². The molecule has 0 fully saturated rings. The summed E-state index contributed by atoms with van der Waals surface area (Å²) in [5, 5.41) is 4.84. The fourth-order valence-corrected chi connectivity index (χ4v) is 5.39. The van der Waals surface area contributed by atoms with Gasteiger partial charge in [-0.15, -0.1) is 0 Å². The third kappa shape index (κ3) is 5.59. The molecule has 2 aliphatic rings. The van der Waals surface area contributed by atoms with Crippen molar-refractivity contribution < 1.29 is 19.1 Å². The molecule has 5 nitrogen and oxygen atoms in total. The van der Waals surface area contributed by atoms with Crippen LogP contribution < -0.4 is 5.32 Å². The van der Waals surface area contributed by atoms with Crippen LogP contribution in [0.1, 0.15) is 49.7 Å². The predicted molar refractivity (Wildman–Crippen MR) is 138 cm³/mol. The minimum atomic E-state index is -0.658. The largest absolute Gasteiger partial charge is 0.460 e. The molecule has 0 aromatic heterocycles. The van der Waals surface area contributed by atoms with Crippen molar-refractivity contribution >= 4 is 46.6 Å². The highest BCUT2D eigenvalue weighted by Gasteiger charge is 2.42. The van der Waals surface area contributed by atoms with Crippen LogP contribution in [0.4, 0.5) is 0 Å². The Labute approximate surface area is 220 Å². The second-order valence-corrected chi connectivity index (χ2v) is 9.85. The highest BCUT2D eigenvalue weighted by Crippen LogP contribution is 2.47. The SMILES string of the molecule is CCOCCOC(=O)C1=C(C)NC2=C(C(=O)CC(c3ccc(Cl)cc3)C2)C1c1ccc(Cl)cc1Cl. The molecule has 2 aromatic carbocycles. The molecule has 0 saturated heterocycles. The Hall–Kier alpha value is -2.31. The van der Waals surface area contributed by atoms with Crippen LogP contribution in [0.5, 0.6) is 0 Å². The van der Waals surface area contributed by atoms with Gasteiger partial charge in [-0.1, -0.05) is 53.0 Å². The molecule has 1 aliphatic carbocycles. The topological polar surface area (TPSA) is 64.6 Å². The number of carbonyl (C=O) groups is 2. The molecule has 0 radical (unpaired) electrons. The maximum absolute atomic E-state index is 13.6. The molecule has 1 aliphatic heterocycles. The van der Waals surface area contributed by atoms with Crippen LogP contribution in [-0.2, 0) is 19.1 Å². The number of benzene rings is 2. The lowest BCUT2D eigenvalue weighted by Gasteiger charge is -2.37. The summed E-state index contributed by atoms with van der Waals surface area (Å²) in [6.07, 6.45) is 0.935. The van der Waals surface area contributed by atoms with Gasteiger partial charge in [-0.3, -0.25) is 4.79 Å². The molecule has 1 N–H and O–H groups in total. The third-order valence-corrected chi connectivity index (χ3v) is 7.14. The number of ketones is 1. The van der Waals surface area contributed by atoms with E-state index in [2.05, 4.69) is 5.32 Å². The predicted octanol–water partition coefficient (Wildman–Crippen LogP) is 6.59. The molecule has 184 valence electrons. The van der Waals surface area contributed by atoms with Gasteiger partial charge in [0, 0.05) is 51.0 Å². The highest BCUT2D eigenvalue weighted by atomic mass is 35.5. The minimum absolute atomic E-state index is 0.000138. The summed E-state index contributed by atoms with van der Waals surface area (Å²) in [4.78, 5) is 26.9. The average Bonchev–Trinajstić information content (AvgIpc) is 2.81. The number of ether oxygens (including phenoxy) is 2. The zero-order chi connectivity index (χ0) is 25.1. The smallest absolute Gasteiger partial charge is 0.336 e. The zero-order valence-corrected chi connectivity index (χ0v) is 21.8. The molecule has 0 saturated carbocycles. The van der Waals surface area contributed by atoms with Gasteiger partial charge in [0.15, 0.2) is 5.78 Å². The van der Waals surface area contributed by atoms with Crippen molar-refractivity contribution in [2.24, 2.45) is 0 Å². The lowest BCUT2D eigenvalue weighted by atomic mass is 9.71. The van der Waals surface area contributed by atoms with E-state index in [4.69, 9.17) is 44.3 Å². The molecule has 4 rings (SSSR count). The van der Waals surface area contributed by atoms with Crippen LogP contribution in [0, 0.1) is 0 Å². The summed E-state index contributed by atoms with van der Waals surface area (Å²) in [5.41, 5.74) is 4.01. The number of dihydropyridines is 1. The van der Waals surface area contributed by atoms with E-state index in [1.165, 1.54) is 0 Å². The van der Waals surface area contributed by atoms with Crippen LogP contribution in [0.3, 0.4) is 0 Å². The van der Waals surface area contributed by atoms with Gasteiger partial charge in [0.1, 0.15) is 6.61 Å². The van der Waals surface area contributed by atoms with Crippen molar-refractivity contribution in [3.05, 3.63) is 91.2 Å². The number of hydrogen-bond acceptors (Lipinski definition) is 5. The first-order chi connectivity index (χ1) is 16.8. The van der Waals surface area contributed by atoms with Crippen LogP contribution >= 0.6 is 34.8 Å². The van der Waals surface area contributed by atoms with Crippen molar-refractivity contribution in [3.8, 4) is 0 Å². The number of carbonyl (C=O) groups excluding carboxylic acids is 2. The Morgan fingerprint density at radius 3 is 2.43 bits per heavy atom. The molecule has 0 bridgehead atoms. The van der Waals surface area contributed by atoms with E-state index in [1.54, 1.807) is 18.2 Å². The van der Waals surface area contributed by atoms with E-state index in [0.29, 0.717) is 63.5 Å². The molecular formula is C27H26Cl3NO4. The number of hydrogen-bond donors (Lipinski definition) is 1. The van der Waals surface area contributed by atoms with Crippen molar-refractivity contribution in [1.29, 1.82) is 0 Å². The average molecular weight is 535 g/mol. The number of halogens is 3. The van der Waals surface area contributed by atoms with Gasteiger partial charge in [0.2, 0.25) is 0 Å². The fourth-order valence-electron chi connectivity index (χ4n) is 4.74. The Morgan fingerprint density at radius 2 is 1.74 bits per heavy atom. The van der Waals surface area contributed by atoms with E-state index >= 15 is 0 Å². The Bertz CT molecular complexity index is 1200. The molecular weight excluding hydrogens is 509 g/mol. The molecule has 0 amide bonds. The maximum atomic E-state index is 13.6. The maximum Gasteiger partial charge on any atom is 0.336 e. The van der Waals surface area contributed by atoms with Gasteiger partial charge in [0.05, 0.1) is 12.2 Å². The first-order valence-electron chi connectivity index (χ1n) is 11.5. The van der Waals surface area contributed by atoms with Crippen molar-refractivity contribution in [1.82, 2.24) is 5.32 Å². The standard InChI is InChI=1S/C27H26Cl3NO4/c1-3-34-10-11-35-27(33)24-15(2)31-22-12-17(16-4-6-18(28)7-5-16)13-23(32)26(22)25(24)20-9-8-19(29)14-21(20)30/h4-9,14,17,25,31H,3,10-13H2,1-2H3. The van der Waals surface area contributed by atoms with E-state index < -0.39 is 11.9 Å². The van der Waals surface area contributed by atoms with Gasteiger partial charge in [-0.05, 0) is 61.6 Å². The molecule has 2 unspecified atom stereocenters. The van der Waals surface area contributed by atoms with Crippen molar-refractivity contribution in [3.63, 3.8) is 0 Å². The van der Waals surface area contributed by atoms with Crippen LogP contribution in [0.2, 0.25) is 15.1 Å².